The number of aromatic nitrogens is 2. The third-order valence-electron chi connectivity index (χ3n) is 6.65. The van der Waals surface area contributed by atoms with Crippen LogP contribution in [0.4, 0.5) is 20.8 Å². The van der Waals surface area contributed by atoms with E-state index in [1.54, 1.807) is 7.05 Å². The van der Waals surface area contributed by atoms with Gasteiger partial charge in [-0.1, -0.05) is 4.99 Å². The van der Waals surface area contributed by atoms with Crippen molar-refractivity contribution in [3.05, 3.63) is 42.0 Å². The molecule has 9 nitrogen and oxygen atoms in total. The van der Waals surface area contributed by atoms with Crippen LogP contribution < -0.4 is 9.47 Å². The Labute approximate surface area is 185 Å². The SMILES string of the molecule is Cc1c[n+]2c(n1CCN1CCN(c3ccc(F)cc3)CC1)N=C1C2C(=O)N(C)C(=O)N1C. The van der Waals surface area contributed by atoms with Crippen LogP contribution in [0.1, 0.15) is 11.7 Å². The van der Waals surface area contributed by atoms with Crippen LogP contribution in [0.5, 0.6) is 0 Å². The van der Waals surface area contributed by atoms with Gasteiger partial charge in [-0.25, -0.2) is 18.3 Å². The molecule has 1 unspecified atom stereocenters. The molecule has 1 aromatic carbocycles. The number of piperazine rings is 1. The first-order valence-corrected chi connectivity index (χ1v) is 10.8. The maximum Gasteiger partial charge on any atom is 0.401 e. The van der Waals surface area contributed by atoms with E-state index in [0.29, 0.717) is 11.8 Å². The van der Waals surface area contributed by atoms with Gasteiger partial charge in [-0.15, -0.1) is 0 Å². The number of anilines is 1. The number of fused-ring (bicyclic) bond motifs is 3. The third kappa shape index (κ3) is 3.26. The number of carbonyl (C=O) groups is 2. The Bertz CT molecular complexity index is 1100. The van der Waals surface area contributed by atoms with Gasteiger partial charge in [0, 0.05) is 52.5 Å². The molecule has 10 heteroatoms. The van der Waals surface area contributed by atoms with Gasteiger partial charge in [0.1, 0.15) is 17.7 Å². The standard InChI is InChI=1S/C22H27FN7O2/c1-15-14-30-18-19(25(2)22(32)26(3)20(18)31)24-21(30)29(15)13-10-27-8-11-28(12-9-27)17-6-4-16(23)5-7-17/h4-7,14,18H,8-13H2,1-3H3/q+1. The first kappa shape index (κ1) is 20.6. The highest BCUT2D eigenvalue weighted by atomic mass is 19.1. The highest BCUT2D eigenvalue weighted by Gasteiger charge is 2.52. The molecule has 4 heterocycles. The molecular formula is C22H27FN7O2+. The van der Waals surface area contributed by atoms with Crippen LogP contribution in [-0.2, 0) is 11.3 Å². The molecule has 3 aliphatic heterocycles. The van der Waals surface area contributed by atoms with Gasteiger partial charge in [0.15, 0.2) is 0 Å². The molecule has 3 amide bonds. The van der Waals surface area contributed by atoms with Crippen LogP contribution >= 0.6 is 0 Å². The van der Waals surface area contributed by atoms with E-state index in [2.05, 4.69) is 19.4 Å². The number of amidine groups is 1. The summed E-state index contributed by atoms with van der Waals surface area (Å²) in [6.07, 6.45) is 1.94. The van der Waals surface area contributed by atoms with Crippen molar-refractivity contribution in [2.24, 2.45) is 4.99 Å². The Morgan fingerprint density at radius 1 is 1.03 bits per heavy atom. The number of nitrogens with zero attached hydrogens (tertiary/aromatic N) is 7. The maximum atomic E-state index is 13.2. The molecule has 0 spiro atoms. The van der Waals surface area contributed by atoms with E-state index in [1.165, 1.54) is 24.1 Å². The second-order valence-corrected chi connectivity index (χ2v) is 8.55. The van der Waals surface area contributed by atoms with Crippen LogP contribution in [0.3, 0.4) is 0 Å². The molecule has 2 fully saturated rings. The van der Waals surface area contributed by atoms with Gasteiger partial charge in [0.25, 0.3) is 5.91 Å². The molecule has 3 aliphatic rings. The van der Waals surface area contributed by atoms with Gasteiger partial charge in [0.05, 0.1) is 6.54 Å². The number of aliphatic imine (C=N–C) groups is 1. The lowest BCUT2D eigenvalue weighted by Gasteiger charge is -2.35. The molecule has 32 heavy (non-hydrogen) atoms. The normalized spacial score (nSPS) is 21.2. The van der Waals surface area contributed by atoms with E-state index in [-0.39, 0.29) is 17.8 Å². The first-order chi connectivity index (χ1) is 15.3. The second-order valence-electron chi connectivity index (χ2n) is 8.55. The predicted octanol–water partition coefficient (Wildman–Crippen LogP) is 1.15. The van der Waals surface area contributed by atoms with Crippen LogP contribution in [0.25, 0.3) is 0 Å². The Kier molecular flexibility index (Phi) is 4.96. The molecule has 2 aromatic rings. The molecule has 0 bridgehead atoms. The molecule has 5 rings (SSSR count). The Morgan fingerprint density at radius 2 is 1.72 bits per heavy atom. The van der Waals surface area contributed by atoms with Gasteiger partial charge >= 0.3 is 12.0 Å². The Hall–Kier alpha value is -3.27. The predicted molar refractivity (Wildman–Crippen MR) is 116 cm³/mol. The van der Waals surface area contributed by atoms with Crippen molar-refractivity contribution in [3.63, 3.8) is 0 Å². The van der Waals surface area contributed by atoms with Crippen LogP contribution in [0, 0.1) is 12.7 Å². The monoisotopic (exact) mass is 440 g/mol. The average molecular weight is 441 g/mol. The molecule has 1 aromatic heterocycles. The summed E-state index contributed by atoms with van der Waals surface area (Å²) in [5.74, 6) is 0.711. The lowest BCUT2D eigenvalue weighted by Crippen LogP contribution is -2.61. The summed E-state index contributed by atoms with van der Waals surface area (Å²) in [6.45, 7) is 7.24. The van der Waals surface area contributed by atoms with Crippen LogP contribution in [-0.4, -0.2) is 83.9 Å². The van der Waals surface area contributed by atoms with Gasteiger partial charge in [-0.3, -0.25) is 19.5 Å². The fourth-order valence-electron chi connectivity index (χ4n) is 4.71. The highest BCUT2D eigenvalue weighted by Crippen LogP contribution is 2.28. The number of aryl methyl sites for hydroxylation is 1. The van der Waals surface area contributed by atoms with E-state index in [0.717, 1.165) is 55.5 Å². The molecule has 0 saturated carbocycles. The fraction of sp³-hybridized carbons (Fsp3) is 0.455. The van der Waals surface area contributed by atoms with Crippen molar-refractivity contribution in [2.45, 2.75) is 19.5 Å². The van der Waals surface area contributed by atoms with Crippen LogP contribution in [0.2, 0.25) is 0 Å². The lowest BCUT2D eigenvalue weighted by atomic mass is 10.2. The number of halogens is 1. The highest BCUT2D eigenvalue weighted by molar-refractivity contribution is 6.18. The second kappa shape index (κ2) is 7.70. The van der Waals surface area contributed by atoms with E-state index < -0.39 is 6.04 Å². The molecule has 168 valence electrons. The van der Waals surface area contributed by atoms with E-state index in [9.17, 15) is 14.0 Å². The minimum Gasteiger partial charge on any atom is -0.369 e. The summed E-state index contributed by atoms with van der Waals surface area (Å²) in [4.78, 5) is 37.0. The van der Waals surface area contributed by atoms with Gasteiger partial charge in [-0.05, 0) is 31.2 Å². The Morgan fingerprint density at radius 3 is 2.41 bits per heavy atom. The minimum atomic E-state index is -0.586. The number of benzene rings is 1. The van der Waals surface area contributed by atoms with E-state index >= 15 is 0 Å². The lowest BCUT2D eigenvalue weighted by molar-refractivity contribution is -0.677. The quantitative estimate of drug-likeness (QED) is 0.669. The van der Waals surface area contributed by atoms with Gasteiger partial charge in [-0.2, -0.15) is 0 Å². The summed E-state index contributed by atoms with van der Waals surface area (Å²) < 4.78 is 17.2. The minimum absolute atomic E-state index is 0.216. The summed E-state index contributed by atoms with van der Waals surface area (Å²) in [7, 11) is 3.16. The summed E-state index contributed by atoms with van der Waals surface area (Å²) in [5, 5.41) is 0. The third-order valence-corrected chi connectivity index (χ3v) is 6.65. The number of likely N-dealkylation sites (N-methyl/N-ethyl adjacent to an activating group) is 2. The number of imide groups is 1. The van der Waals surface area contributed by atoms with Crippen molar-refractivity contribution in [1.82, 2.24) is 19.3 Å². The number of amides is 3. The number of carbonyl (C=O) groups excluding carboxylic acids is 2. The smallest absolute Gasteiger partial charge is 0.369 e. The topological polar surface area (TPSA) is 68.3 Å². The fourth-order valence-corrected chi connectivity index (χ4v) is 4.71. The zero-order valence-corrected chi connectivity index (χ0v) is 18.5. The van der Waals surface area contributed by atoms with Crippen molar-refractivity contribution in [2.75, 3.05) is 51.7 Å². The van der Waals surface area contributed by atoms with Crippen molar-refractivity contribution in [3.8, 4) is 0 Å². The van der Waals surface area contributed by atoms with Gasteiger partial charge < -0.3 is 4.90 Å². The number of hydrogen-bond acceptors (Lipinski definition) is 5. The zero-order chi connectivity index (χ0) is 22.6. The molecule has 1 atom stereocenters. The molecule has 0 radical (unpaired) electrons. The largest absolute Gasteiger partial charge is 0.401 e. The summed E-state index contributed by atoms with van der Waals surface area (Å²) in [6, 6.07) is 5.71. The van der Waals surface area contributed by atoms with Crippen molar-refractivity contribution >= 4 is 29.4 Å². The van der Waals surface area contributed by atoms with Crippen LogP contribution in [0.15, 0.2) is 35.5 Å². The molecule has 2 saturated heterocycles. The number of urea groups is 1. The van der Waals surface area contributed by atoms with E-state index in [1.807, 2.05) is 29.8 Å². The number of hydrogen-bond donors (Lipinski definition) is 0. The van der Waals surface area contributed by atoms with Gasteiger partial charge in [0.2, 0.25) is 11.9 Å². The number of imidazole rings is 1. The number of rotatable bonds is 4. The molecule has 0 aliphatic carbocycles. The average Bonchev–Trinajstić information content (AvgIpc) is 3.30. The Balaban J connectivity index is 1.27. The maximum absolute atomic E-state index is 13.2. The van der Waals surface area contributed by atoms with E-state index in [4.69, 9.17) is 0 Å². The first-order valence-electron chi connectivity index (χ1n) is 10.8. The van der Waals surface area contributed by atoms with Crippen molar-refractivity contribution in [1.29, 1.82) is 0 Å². The summed E-state index contributed by atoms with van der Waals surface area (Å²) >= 11 is 0. The molecule has 0 N–H and O–H groups in total. The summed E-state index contributed by atoms with van der Waals surface area (Å²) in [5.41, 5.74) is 2.08. The van der Waals surface area contributed by atoms with Crippen molar-refractivity contribution < 1.29 is 18.5 Å². The zero-order valence-electron chi connectivity index (χ0n) is 18.5. The molecular weight excluding hydrogens is 413 g/mol.